The first-order valence-electron chi connectivity index (χ1n) is 8.40. The normalized spacial score (nSPS) is 16.9. The molecule has 2 aliphatic rings. The number of carbonyl (C=O) groups is 1. The van der Waals surface area contributed by atoms with Gasteiger partial charge < -0.3 is 20.1 Å². The van der Waals surface area contributed by atoms with E-state index < -0.39 is 0 Å². The number of carbonyl (C=O) groups excluding carboxylic acids is 1. The zero-order valence-electron chi connectivity index (χ0n) is 14.1. The molecule has 25 heavy (non-hydrogen) atoms. The number of nitrogens with two attached hydrogens (primary N) is 1. The number of piperidine rings is 1. The van der Waals surface area contributed by atoms with Crippen molar-refractivity contribution in [3.05, 3.63) is 41.2 Å². The first kappa shape index (κ1) is 15.7. The van der Waals surface area contributed by atoms with Crippen molar-refractivity contribution in [2.24, 2.45) is 0 Å². The molecule has 1 amide bonds. The number of benzene rings is 1. The van der Waals surface area contributed by atoms with Crippen molar-refractivity contribution in [3.63, 3.8) is 0 Å². The Labute approximate surface area is 145 Å². The molecular formula is C18H20N4O3. The Bertz CT molecular complexity index is 796. The van der Waals surface area contributed by atoms with E-state index in [9.17, 15) is 4.79 Å². The van der Waals surface area contributed by atoms with Crippen LogP contribution in [0.2, 0.25) is 0 Å². The number of hydrogen-bond donors (Lipinski definition) is 1. The average Bonchev–Trinajstić information content (AvgIpc) is 3.08. The molecule has 130 valence electrons. The van der Waals surface area contributed by atoms with Gasteiger partial charge in [-0.3, -0.25) is 4.79 Å². The average molecular weight is 340 g/mol. The lowest BCUT2D eigenvalue weighted by atomic mass is 9.92. The first-order chi connectivity index (χ1) is 12.1. The maximum absolute atomic E-state index is 12.7. The highest BCUT2D eigenvalue weighted by atomic mass is 16.7. The lowest BCUT2D eigenvalue weighted by Crippen LogP contribution is -2.38. The van der Waals surface area contributed by atoms with Gasteiger partial charge in [-0.15, -0.1) is 0 Å². The molecule has 1 aromatic carbocycles. The number of aryl methyl sites for hydroxylation is 1. The van der Waals surface area contributed by atoms with Crippen LogP contribution in [0.4, 0.5) is 5.95 Å². The van der Waals surface area contributed by atoms with Gasteiger partial charge in [-0.2, -0.15) is 0 Å². The quantitative estimate of drug-likeness (QED) is 0.900. The summed E-state index contributed by atoms with van der Waals surface area (Å²) in [4.78, 5) is 23.1. The summed E-state index contributed by atoms with van der Waals surface area (Å²) in [5.74, 6) is 1.97. The van der Waals surface area contributed by atoms with Crippen molar-refractivity contribution < 1.29 is 14.3 Å². The van der Waals surface area contributed by atoms with Crippen molar-refractivity contribution >= 4 is 11.9 Å². The third-order valence-electron chi connectivity index (χ3n) is 4.71. The molecule has 0 unspecified atom stereocenters. The largest absolute Gasteiger partial charge is 0.454 e. The number of likely N-dealkylation sites (tertiary alicyclic amines) is 1. The third kappa shape index (κ3) is 3.09. The van der Waals surface area contributed by atoms with Gasteiger partial charge in [0, 0.05) is 36.0 Å². The topological polar surface area (TPSA) is 90.6 Å². The monoisotopic (exact) mass is 340 g/mol. The first-order valence-corrected chi connectivity index (χ1v) is 8.40. The number of fused-ring (bicyclic) bond motifs is 1. The van der Waals surface area contributed by atoms with Crippen LogP contribution in [0.3, 0.4) is 0 Å². The number of nitrogen functional groups attached to an aromatic ring is 1. The van der Waals surface area contributed by atoms with E-state index in [0.29, 0.717) is 42.0 Å². The van der Waals surface area contributed by atoms with Crippen molar-refractivity contribution in [2.75, 3.05) is 25.6 Å². The molecule has 3 heterocycles. The van der Waals surface area contributed by atoms with Gasteiger partial charge in [-0.25, -0.2) is 9.97 Å². The van der Waals surface area contributed by atoms with Crippen LogP contribution in [0.1, 0.15) is 40.5 Å². The molecule has 0 aliphatic carbocycles. The van der Waals surface area contributed by atoms with Crippen LogP contribution >= 0.6 is 0 Å². The third-order valence-corrected chi connectivity index (χ3v) is 4.71. The Hall–Kier alpha value is -2.83. The summed E-state index contributed by atoms with van der Waals surface area (Å²) in [6, 6.07) is 7.31. The van der Waals surface area contributed by atoms with E-state index in [4.69, 9.17) is 15.2 Å². The van der Waals surface area contributed by atoms with E-state index in [0.717, 1.165) is 24.2 Å². The second-order valence-electron chi connectivity index (χ2n) is 6.43. The van der Waals surface area contributed by atoms with Gasteiger partial charge in [0.1, 0.15) is 0 Å². The Morgan fingerprint density at radius 3 is 2.68 bits per heavy atom. The van der Waals surface area contributed by atoms with Gasteiger partial charge in [-0.1, -0.05) is 0 Å². The Kier molecular flexibility index (Phi) is 3.91. The van der Waals surface area contributed by atoms with Crippen LogP contribution in [-0.4, -0.2) is 40.7 Å². The molecule has 4 rings (SSSR count). The molecule has 0 atom stereocenters. The van der Waals surface area contributed by atoms with Gasteiger partial charge in [-0.05, 0) is 44.0 Å². The van der Waals surface area contributed by atoms with Gasteiger partial charge >= 0.3 is 0 Å². The van der Waals surface area contributed by atoms with Crippen LogP contribution < -0.4 is 15.2 Å². The zero-order chi connectivity index (χ0) is 17.4. The fourth-order valence-electron chi connectivity index (χ4n) is 3.42. The molecule has 0 saturated carbocycles. The smallest absolute Gasteiger partial charge is 0.253 e. The van der Waals surface area contributed by atoms with Crippen molar-refractivity contribution in [1.29, 1.82) is 0 Å². The molecule has 0 bridgehead atoms. The Balaban J connectivity index is 1.44. The number of hydrogen-bond acceptors (Lipinski definition) is 6. The molecule has 0 radical (unpaired) electrons. The number of amides is 1. The van der Waals surface area contributed by atoms with Crippen molar-refractivity contribution in [2.45, 2.75) is 25.7 Å². The summed E-state index contributed by atoms with van der Waals surface area (Å²) in [6.07, 6.45) is 1.73. The van der Waals surface area contributed by atoms with Crippen LogP contribution in [0.25, 0.3) is 0 Å². The zero-order valence-corrected chi connectivity index (χ0v) is 14.1. The fraction of sp³-hybridized carbons (Fsp3) is 0.389. The fourth-order valence-corrected chi connectivity index (χ4v) is 3.42. The standard InChI is InChI=1S/C18H20N4O3/c1-11-8-14(21-18(19)20-11)12-4-6-22(7-5-12)17(23)13-2-3-15-16(9-13)25-10-24-15/h2-3,8-9,12H,4-7,10H2,1H3,(H2,19,20,21). The molecule has 0 spiro atoms. The molecular weight excluding hydrogens is 320 g/mol. The van der Waals surface area contributed by atoms with E-state index in [1.54, 1.807) is 18.2 Å². The predicted molar refractivity (Wildman–Crippen MR) is 91.6 cm³/mol. The molecule has 2 N–H and O–H groups in total. The number of rotatable bonds is 2. The van der Waals surface area contributed by atoms with E-state index in [2.05, 4.69) is 9.97 Å². The Morgan fingerprint density at radius 1 is 1.16 bits per heavy atom. The summed E-state index contributed by atoms with van der Waals surface area (Å²) in [5.41, 5.74) is 8.23. The number of nitrogens with zero attached hydrogens (tertiary/aromatic N) is 3. The second kappa shape index (κ2) is 6.23. The summed E-state index contributed by atoms with van der Waals surface area (Å²) >= 11 is 0. The summed E-state index contributed by atoms with van der Waals surface area (Å²) in [6.45, 7) is 3.52. The predicted octanol–water partition coefficient (Wildman–Crippen LogP) is 2.12. The summed E-state index contributed by atoms with van der Waals surface area (Å²) in [5, 5.41) is 0. The van der Waals surface area contributed by atoms with Gasteiger partial charge in [0.05, 0.1) is 0 Å². The number of ether oxygens (including phenoxy) is 2. The second-order valence-corrected chi connectivity index (χ2v) is 6.43. The maximum atomic E-state index is 12.7. The lowest BCUT2D eigenvalue weighted by Gasteiger charge is -2.32. The summed E-state index contributed by atoms with van der Waals surface area (Å²) < 4.78 is 10.6. The van der Waals surface area contributed by atoms with Gasteiger partial charge in [0.25, 0.3) is 5.91 Å². The molecule has 2 aromatic rings. The highest BCUT2D eigenvalue weighted by Gasteiger charge is 2.26. The van der Waals surface area contributed by atoms with Gasteiger partial charge in [0.15, 0.2) is 11.5 Å². The van der Waals surface area contributed by atoms with Crippen LogP contribution in [0.5, 0.6) is 11.5 Å². The van der Waals surface area contributed by atoms with Crippen LogP contribution in [0.15, 0.2) is 24.3 Å². The van der Waals surface area contributed by atoms with Gasteiger partial charge in [0.2, 0.25) is 12.7 Å². The van der Waals surface area contributed by atoms with Crippen LogP contribution in [-0.2, 0) is 0 Å². The molecule has 2 aliphatic heterocycles. The van der Waals surface area contributed by atoms with Crippen molar-refractivity contribution in [3.8, 4) is 11.5 Å². The van der Waals surface area contributed by atoms with E-state index in [1.165, 1.54) is 0 Å². The van der Waals surface area contributed by atoms with E-state index >= 15 is 0 Å². The molecule has 1 saturated heterocycles. The minimum absolute atomic E-state index is 0.0233. The Morgan fingerprint density at radius 2 is 1.92 bits per heavy atom. The van der Waals surface area contributed by atoms with E-state index in [-0.39, 0.29) is 12.7 Å². The highest BCUT2D eigenvalue weighted by Crippen LogP contribution is 2.33. The maximum Gasteiger partial charge on any atom is 0.253 e. The number of anilines is 1. The molecule has 1 aromatic heterocycles. The molecule has 7 nitrogen and oxygen atoms in total. The lowest BCUT2D eigenvalue weighted by molar-refractivity contribution is 0.0711. The minimum atomic E-state index is 0.0233. The summed E-state index contributed by atoms with van der Waals surface area (Å²) in [7, 11) is 0. The van der Waals surface area contributed by atoms with Crippen molar-refractivity contribution in [1.82, 2.24) is 14.9 Å². The minimum Gasteiger partial charge on any atom is -0.454 e. The SMILES string of the molecule is Cc1cc(C2CCN(C(=O)c3ccc4c(c3)OCO4)CC2)nc(N)n1. The molecule has 7 heteroatoms. The van der Waals surface area contributed by atoms with E-state index in [1.807, 2.05) is 17.9 Å². The van der Waals surface area contributed by atoms with Crippen LogP contribution in [0, 0.1) is 6.92 Å². The number of aromatic nitrogens is 2. The highest BCUT2D eigenvalue weighted by molar-refractivity contribution is 5.95. The molecule has 1 fully saturated rings.